The second kappa shape index (κ2) is 10.2. The minimum atomic E-state index is -4.75. The maximum atomic E-state index is 12.5. The summed E-state index contributed by atoms with van der Waals surface area (Å²) in [5.74, 6) is 0.240. The number of imidazole rings is 1. The van der Waals surface area contributed by atoms with Gasteiger partial charge in [-0.15, -0.1) is 13.2 Å². The average Bonchev–Trinajstić information content (AvgIpc) is 3.38. The maximum Gasteiger partial charge on any atom is 0.573 e. The number of halogens is 3. The number of rotatable bonds is 8. The lowest BCUT2D eigenvalue weighted by atomic mass is 10.1. The standard InChI is InChI=1S/C24H27F3N6O2S/c1-32-19-8-5-15(21(34)28-9-12-33-10-3-2-4-11-33)13-18(19)29-22(32)31-23-30-17-7-6-16(14-20(17)36-23)35-24(25,26)27/h5-8,13-14,21,28,34H,2-4,9-12H2,1H3,(H,29,30,31). The first kappa shape index (κ1) is 24.8. The van der Waals surface area contributed by atoms with Crippen LogP contribution in [0.25, 0.3) is 21.3 Å². The van der Waals surface area contributed by atoms with E-state index in [0.717, 1.165) is 30.7 Å². The highest BCUT2D eigenvalue weighted by Gasteiger charge is 2.31. The lowest BCUT2D eigenvalue weighted by Crippen LogP contribution is -2.36. The molecule has 2 aromatic heterocycles. The van der Waals surface area contributed by atoms with Crippen molar-refractivity contribution in [1.82, 2.24) is 24.8 Å². The van der Waals surface area contributed by atoms with Crippen LogP contribution in [-0.2, 0) is 7.05 Å². The van der Waals surface area contributed by atoms with Gasteiger partial charge in [0.05, 0.1) is 21.3 Å². The van der Waals surface area contributed by atoms with E-state index >= 15 is 0 Å². The van der Waals surface area contributed by atoms with Crippen molar-refractivity contribution >= 4 is 43.7 Å². The molecule has 1 saturated heterocycles. The smallest absolute Gasteiger partial charge is 0.406 e. The average molecular weight is 521 g/mol. The van der Waals surface area contributed by atoms with E-state index in [1.54, 1.807) is 0 Å². The second-order valence-corrected chi connectivity index (χ2v) is 9.85. The quantitative estimate of drug-likeness (QED) is 0.285. The highest BCUT2D eigenvalue weighted by atomic mass is 32.1. The molecule has 1 fully saturated rings. The molecule has 0 aliphatic carbocycles. The van der Waals surface area contributed by atoms with E-state index in [-0.39, 0.29) is 5.75 Å². The van der Waals surface area contributed by atoms with Gasteiger partial charge in [-0.3, -0.25) is 5.32 Å². The Balaban J connectivity index is 1.27. The molecule has 3 N–H and O–H groups in total. The van der Waals surface area contributed by atoms with Crippen molar-refractivity contribution in [2.75, 3.05) is 31.5 Å². The summed E-state index contributed by atoms with van der Waals surface area (Å²) in [7, 11) is 1.85. The van der Waals surface area contributed by atoms with Crippen LogP contribution in [0.2, 0.25) is 0 Å². The Morgan fingerprint density at radius 1 is 1.08 bits per heavy atom. The Labute approximate surface area is 209 Å². The number of thiazole rings is 1. The number of aliphatic hydroxyl groups is 1. The van der Waals surface area contributed by atoms with Crippen molar-refractivity contribution in [1.29, 1.82) is 0 Å². The molecule has 4 aromatic rings. The van der Waals surface area contributed by atoms with Gasteiger partial charge in [-0.2, -0.15) is 0 Å². The summed E-state index contributed by atoms with van der Waals surface area (Å²) in [4.78, 5) is 11.5. The molecule has 5 rings (SSSR count). The van der Waals surface area contributed by atoms with E-state index in [4.69, 9.17) is 0 Å². The summed E-state index contributed by atoms with van der Waals surface area (Å²) in [5, 5.41) is 17.4. The molecule has 12 heteroatoms. The Bertz CT molecular complexity index is 1350. The van der Waals surface area contributed by atoms with Crippen molar-refractivity contribution in [2.45, 2.75) is 31.9 Å². The SMILES string of the molecule is Cn1c(Nc2nc3ccc(OC(F)(F)F)cc3s2)nc2cc(C(O)NCCN3CCCCC3)ccc21. The van der Waals surface area contributed by atoms with Crippen LogP contribution in [0.15, 0.2) is 36.4 Å². The summed E-state index contributed by atoms with van der Waals surface area (Å²) in [6.45, 7) is 3.83. The van der Waals surface area contributed by atoms with Gasteiger partial charge in [0.25, 0.3) is 0 Å². The van der Waals surface area contributed by atoms with E-state index in [1.165, 1.54) is 48.8 Å². The first-order chi connectivity index (χ1) is 17.2. The number of aliphatic hydroxyl groups excluding tert-OH is 1. The Kier molecular flexibility index (Phi) is 7.02. The van der Waals surface area contributed by atoms with Crippen LogP contribution >= 0.6 is 11.3 Å². The number of likely N-dealkylation sites (tertiary alicyclic amines) is 1. The van der Waals surface area contributed by atoms with Gasteiger partial charge in [0.1, 0.15) is 12.0 Å². The Morgan fingerprint density at radius 3 is 2.67 bits per heavy atom. The fourth-order valence-corrected chi connectivity index (χ4v) is 5.30. The minimum absolute atomic E-state index is 0.288. The summed E-state index contributed by atoms with van der Waals surface area (Å²) >= 11 is 1.20. The largest absolute Gasteiger partial charge is 0.573 e. The van der Waals surface area contributed by atoms with Gasteiger partial charge >= 0.3 is 6.36 Å². The third-order valence-corrected chi connectivity index (χ3v) is 7.18. The molecule has 1 atom stereocenters. The molecule has 1 aliphatic heterocycles. The van der Waals surface area contributed by atoms with Crippen LogP contribution < -0.4 is 15.4 Å². The number of fused-ring (bicyclic) bond motifs is 2. The number of ether oxygens (including phenoxy) is 1. The van der Waals surface area contributed by atoms with E-state index in [1.807, 2.05) is 29.8 Å². The summed E-state index contributed by atoms with van der Waals surface area (Å²) in [6, 6.07) is 9.65. The Hall–Kier alpha value is -2.93. The van der Waals surface area contributed by atoms with Gasteiger partial charge in [0, 0.05) is 26.2 Å². The number of hydrogen-bond donors (Lipinski definition) is 3. The molecular weight excluding hydrogens is 493 g/mol. The molecule has 2 aromatic carbocycles. The van der Waals surface area contributed by atoms with Crippen LogP contribution in [-0.4, -0.2) is 57.1 Å². The molecule has 36 heavy (non-hydrogen) atoms. The molecule has 8 nitrogen and oxygen atoms in total. The monoisotopic (exact) mass is 520 g/mol. The van der Waals surface area contributed by atoms with Crippen molar-refractivity contribution in [2.24, 2.45) is 7.05 Å². The molecule has 0 saturated carbocycles. The zero-order valence-electron chi connectivity index (χ0n) is 19.7. The third kappa shape index (κ3) is 5.72. The van der Waals surface area contributed by atoms with E-state index in [2.05, 4.69) is 30.2 Å². The highest BCUT2D eigenvalue weighted by molar-refractivity contribution is 7.22. The van der Waals surface area contributed by atoms with Crippen LogP contribution in [0.4, 0.5) is 24.3 Å². The first-order valence-electron chi connectivity index (χ1n) is 11.8. The third-order valence-electron chi connectivity index (χ3n) is 6.25. The predicted molar refractivity (Wildman–Crippen MR) is 134 cm³/mol. The number of nitrogens with zero attached hydrogens (tertiary/aromatic N) is 4. The zero-order valence-corrected chi connectivity index (χ0v) is 20.5. The molecular formula is C24H27F3N6O2S. The lowest BCUT2D eigenvalue weighted by molar-refractivity contribution is -0.274. The molecule has 3 heterocycles. The maximum absolute atomic E-state index is 12.5. The fourth-order valence-electron chi connectivity index (χ4n) is 4.41. The van der Waals surface area contributed by atoms with Crippen LogP contribution in [0.5, 0.6) is 5.75 Å². The predicted octanol–water partition coefficient (Wildman–Crippen LogP) is 4.89. The molecule has 0 radical (unpaired) electrons. The molecule has 192 valence electrons. The van der Waals surface area contributed by atoms with Crippen molar-refractivity contribution < 1.29 is 23.0 Å². The highest BCUT2D eigenvalue weighted by Crippen LogP contribution is 2.33. The van der Waals surface area contributed by atoms with E-state index in [0.29, 0.717) is 33.4 Å². The van der Waals surface area contributed by atoms with Gasteiger partial charge in [0.2, 0.25) is 5.95 Å². The topological polar surface area (TPSA) is 87.5 Å². The normalized spacial score (nSPS) is 16.0. The van der Waals surface area contributed by atoms with Crippen LogP contribution in [0, 0.1) is 0 Å². The molecule has 1 unspecified atom stereocenters. The number of alkyl halides is 3. The second-order valence-electron chi connectivity index (χ2n) is 8.82. The number of hydrogen-bond acceptors (Lipinski definition) is 8. The van der Waals surface area contributed by atoms with Gasteiger partial charge in [-0.1, -0.05) is 23.8 Å². The van der Waals surface area contributed by atoms with Crippen LogP contribution in [0.1, 0.15) is 31.1 Å². The summed E-state index contributed by atoms with van der Waals surface area (Å²) < 4.78 is 44.0. The van der Waals surface area contributed by atoms with Crippen molar-refractivity contribution in [3.05, 3.63) is 42.0 Å². The van der Waals surface area contributed by atoms with Crippen molar-refractivity contribution in [3.8, 4) is 5.75 Å². The number of piperidine rings is 1. The van der Waals surface area contributed by atoms with E-state index < -0.39 is 12.6 Å². The molecule has 1 aliphatic rings. The molecule has 0 amide bonds. The molecule has 0 spiro atoms. The molecule has 0 bridgehead atoms. The summed E-state index contributed by atoms with van der Waals surface area (Å²) in [6.07, 6.45) is -1.78. The van der Waals surface area contributed by atoms with E-state index in [9.17, 15) is 18.3 Å². The lowest BCUT2D eigenvalue weighted by Gasteiger charge is -2.27. The number of anilines is 2. The number of aryl methyl sites for hydroxylation is 1. The number of benzene rings is 2. The fraction of sp³-hybridized carbons (Fsp3) is 0.417. The van der Waals surface area contributed by atoms with Gasteiger partial charge < -0.3 is 24.6 Å². The van der Waals surface area contributed by atoms with Crippen LogP contribution in [0.3, 0.4) is 0 Å². The number of aromatic nitrogens is 3. The van der Waals surface area contributed by atoms with Gasteiger partial charge in [-0.05, 0) is 55.8 Å². The first-order valence-corrected chi connectivity index (χ1v) is 12.6. The summed E-state index contributed by atoms with van der Waals surface area (Å²) in [5.41, 5.74) is 2.85. The number of nitrogens with one attached hydrogen (secondary N) is 2. The minimum Gasteiger partial charge on any atom is -0.406 e. The zero-order chi connectivity index (χ0) is 25.3. The van der Waals surface area contributed by atoms with Crippen molar-refractivity contribution in [3.63, 3.8) is 0 Å². The Morgan fingerprint density at radius 2 is 1.89 bits per heavy atom. The van der Waals surface area contributed by atoms with Gasteiger partial charge in [-0.25, -0.2) is 9.97 Å². The van der Waals surface area contributed by atoms with Gasteiger partial charge in [0.15, 0.2) is 5.13 Å².